The third-order valence-electron chi connectivity index (χ3n) is 2.40. The average molecular weight is 274 g/mol. The summed E-state index contributed by atoms with van der Waals surface area (Å²) in [6.07, 6.45) is 1.76. The van der Waals surface area contributed by atoms with Crippen LogP contribution in [0.5, 0.6) is 0 Å². The van der Waals surface area contributed by atoms with E-state index in [2.05, 4.69) is 26.0 Å². The standard InChI is InChI=1S/C12H8BrN3/c13-12-11(9-5-2-1-3-6-9)16-10(15-12)7-4-8-14-16/h1-8H. The Morgan fingerprint density at radius 1 is 1.00 bits per heavy atom. The summed E-state index contributed by atoms with van der Waals surface area (Å²) in [7, 11) is 0. The molecule has 0 fully saturated rings. The SMILES string of the molecule is Brc1nc2cccnn2c1-c1ccccc1. The second-order valence-electron chi connectivity index (χ2n) is 3.41. The molecule has 0 bridgehead atoms. The fourth-order valence-corrected chi connectivity index (χ4v) is 2.28. The van der Waals surface area contributed by atoms with E-state index in [1.54, 1.807) is 6.20 Å². The van der Waals surface area contributed by atoms with Crippen molar-refractivity contribution in [2.24, 2.45) is 0 Å². The van der Waals surface area contributed by atoms with Crippen LogP contribution in [0.2, 0.25) is 0 Å². The Kier molecular flexibility index (Phi) is 2.22. The van der Waals surface area contributed by atoms with Crippen LogP contribution in [0.25, 0.3) is 16.9 Å². The highest BCUT2D eigenvalue weighted by atomic mass is 79.9. The van der Waals surface area contributed by atoms with Crippen molar-refractivity contribution in [3.8, 4) is 11.3 Å². The molecule has 0 aliphatic rings. The molecule has 0 aliphatic carbocycles. The van der Waals surface area contributed by atoms with Gasteiger partial charge in [-0.15, -0.1) is 0 Å². The van der Waals surface area contributed by atoms with Gasteiger partial charge in [0.05, 0.1) is 0 Å². The van der Waals surface area contributed by atoms with Crippen LogP contribution in [-0.4, -0.2) is 14.6 Å². The molecule has 3 nitrogen and oxygen atoms in total. The van der Waals surface area contributed by atoms with Crippen molar-refractivity contribution in [3.05, 3.63) is 53.3 Å². The Labute approximate surface area is 101 Å². The van der Waals surface area contributed by atoms with Gasteiger partial charge in [-0.2, -0.15) is 5.10 Å². The van der Waals surface area contributed by atoms with E-state index < -0.39 is 0 Å². The zero-order chi connectivity index (χ0) is 11.0. The van der Waals surface area contributed by atoms with Crippen LogP contribution in [0.15, 0.2) is 53.3 Å². The Balaban J connectivity index is 2.35. The van der Waals surface area contributed by atoms with Crippen LogP contribution in [-0.2, 0) is 0 Å². The number of hydrogen-bond donors (Lipinski definition) is 0. The van der Waals surface area contributed by atoms with Crippen LogP contribution in [0.4, 0.5) is 0 Å². The van der Waals surface area contributed by atoms with Crippen LogP contribution < -0.4 is 0 Å². The van der Waals surface area contributed by atoms with Gasteiger partial charge >= 0.3 is 0 Å². The smallest absolute Gasteiger partial charge is 0.155 e. The summed E-state index contributed by atoms with van der Waals surface area (Å²) in [5.74, 6) is 0. The lowest BCUT2D eigenvalue weighted by Crippen LogP contribution is -1.92. The maximum Gasteiger partial charge on any atom is 0.155 e. The van der Waals surface area contributed by atoms with E-state index >= 15 is 0 Å². The molecular formula is C12H8BrN3. The zero-order valence-corrected chi connectivity index (χ0v) is 9.92. The largest absolute Gasteiger partial charge is 0.219 e. The first-order valence-corrected chi connectivity index (χ1v) is 5.70. The predicted molar refractivity (Wildman–Crippen MR) is 66.1 cm³/mol. The van der Waals surface area contributed by atoms with Crippen molar-refractivity contribution in [1.82, 2.24) is 14.6 Å². The molecule has 0 atom stereocenters. The number of hydrogen-bond acceptors (Lipinski definition) is 2. The maximum atomic E-state index is 4.41. The molecule has 0 amide bonds. The third kappa shape index (κ3) is 1.42. The topological polar surface area (TPSA) is 30.2 Å². The summed E-state index contributed by atoms with van der Waals surface area (Å²) in [5, 5.41) is 4.30. The van der Waals surface area contributed by atoms with Crippen LogP contribution in [0.3, 0.4) is 0 Å². The van der Waals surface area contributed by atoms with Crippen LogP contribution >= 0.6 is 15.9 Å². The molecule has 0 N–H and O–H groups in total. The van der Waals surface area contributed by atoms with Gasteiger partial charge in [0.15, 0.2) is 5.65 Å². The first kappa shape index (κ1) is 9.54. The van der Waals surface area contributed by atoms with Crippen molar-refractivity contribution in [2.75, 3.05) is 0 Å². The minimum Gasteiger partial charge on any atom is -0.219 e. The summed E-state index contributed by atoms with van der Waals surface area (Å²) in [5.41, 5.74) is 2.92. The first-order valence-electron chi connectivity index (χ1n) is 4.91. The summed E-state index contributed by atoms with van der Waals surface area (Å²) < 4.78 is 2.65. The zero-order valence-electron chi connectivity index (χ0n) is 8.34. The van der Waals surface area contributed by atoms with Gasteiger partial charge in [0, 0.05) is 11.8 Å². The van der Waals surface area contributed by atoms with Gasteiger partial charge < -0.3 is 0 Å². The van der Waals surface area contributed by atoms with E-state index in [0.29, 0.717) is 0 Å². The lowest BCUT2D eigenvalue weighted by molar-refractivity contribution is 0.942. The molecule has 0 radical (unpaired) electrons. The Hall–Kier alpha value is -1.68. The number of aromatic nitrogens is 3. The predicted octanol–water partition coefficient (Wildman–Crippen LogP) is 3.16. The fourth-order valence-electron chi connectivity index (χ4n) is 1.70. The molecular weight excluding hydrogens is 266 g/mol. The summed E-state index contributed by atoms with van der Waals surface area (Å²) in [6, 6.07) is 13.9. The van der Waals surface area contributed by atoms with Gasteiger partial charge in [0.25, 0.3) is 0 Å². The second-order valence-corrected chi connectivity index (χ2v) is 4.16. The number of fused-ring (bicyclic) bond motifs is 1. The molecule has 2 heterocycles. The van der Waals surface area contributed by atoms with Crippen molar-refractivity contribution >= 4 is 21.6 Å². The lowest BCUT2D eigenvalue weighted by atomic mass is 10.2. The highest BCUT2D eigenvalue weighted by Gasteiger charge is 2.11. The monoisotopic (exact) mass is 273 g/mol. The van der Waals surface area contributed by atoms with Crippen molar-refractivity contribution in [2.45, 2.75) is 0 Å². The van der Waals surface area contributed by atoms with Gasteiger partial charge in [0.1, 0.15) is 10.3 Å². The van der Waals surface area contributed by atoms with Crippen LogP contribution in [0, 0.1) is 0 Å². The molecule has 78 valence electrons. The van der Waals surface area contributed by atoms with E-state index in [1.807, 2.05) is 47.0 Å². The lowest BCUT2D eigenvalue weighted by Gasteiger charge is -2.00. The maximum absolute atomic E-state index is 4.41. The third-order valence-corrected chi connectivity index (χ3v) is 2.95. The number of halogens is 1. The number of imidazole rings is 1. The van der Waals surface area contributed by atoms with E-state index in [-0.39, 0.29) is 0 Å². The highest BCUT2D eigenvalue weighted by Crippen LogP contribution is 2.27. The Morgan fingerprint density at radius 3 is 2.62 bits per heavy atom. The Morgan fingerprint density at radius 2 is 1.81 bits per heavy atom. The number of nitrogens with zero attached hydrogens (tertiary/aromatic N) is 3. The number of rotatable bonds is 1. The second kappa shape index (κ2) is 3.72. The summed E-state index contributed by atoms with van der Waals surface area (Å²) >= 11 is 3.47. The molecule has 16 heavy (non-hydrogen) atoms. The molecule has 4 heteroatoms. The first-order chi connectivity index (χ1) is 7.86. The fraction of sp³-hybridized carbons (Fsp3) is 0. The Bertz CT molecular complexity index is 631. The van der Waals surface area contributed by atoms with Crippen molar-refractivity contribution in [3.63, 3.8) is 0 Å². The molecule has 0 unspecified atom stereocenters. The quantitative estimate of drug-likeness (QED) is 0.682. The minimum absolute atomic E-state index is 0.817. The van der Waals surface area contributed by atoms with E-state index in [1.165, 1.54) is 0 Å². The molecule has 0 aliphatic heterocycles. The highest BCUT2D eigenvalue weighted by molar-refractivity contribution is 9.10. The van der Waals surface area contributed by atoms with Crippen molar-refractivity contribution in [1.29, 1.82) is 0 Å². The molecule has 2 aromatic heterocycles. The van der Waals surface area contributed by atoms with Gasteiger partial charge in [0.2, 0.25) is 0 Å². The van der Waals surface area contributed by atoms with Gasteiger partial charge in [-0.25, -0.2) is 9.50 Å². The molecule has 3 aromatic rings. The molecule has 0 saturated heterocycles. The average Bonchev–Trinajstić information content (AvgIpc) is 2.66. The van der Waals surface area contributed by atoms with E-state index in [4.69, 9.17) is 0 Å². The molecule has 0 saturated carbocycles. The van der Waals surface area contributed by atoms with Crippen molar-refractivity contribution < 1.29 is 0 Å². The minimum atomic E-state index is 0.817. The van der Waals surface area contributed by atoms with Gasteiger partial charge in [-0.1, -0.05) is 30.3 Å². The van der Waals surface area contributed by atoms with E-state index in [9.17, 15) is 0 Å². The van der Waals surface area contributed by atoms with Gasteiger partial charge in [-0.3, -0.25) is 0 Å². The summed E-state index contributed by atoms with van der Waals surface area (Å²) in [6.45, 7) is 0. The van der Waals surface area contributed by atoms with E-state index in [0.717, 1.165) is 21.5 Å². The summed E-state index contributed by atoms with van der Waals surface area (Å²) in [4.78, 5) is 4.41. The molecule has 1 aromatic carbocycles. The molecule has 0 spiro atoms. The number of benzene rings is 1. The molecule has 3 rings (SSSR count). The normalized spacial score (nSPS) is 10.8. The van der Waals surface area contributed by atoms with Gasteiger partial charge in [-0.05, 0) is 28.1 Å². The van der Waals surface area contributed by atoms with Crippen LogP contribution in [0.1, 0.15) is 0 Å².